The van der Waals surface area contributed by atoms with Crippen LogP contribution in [-0.2, 0) is 6.54 Å². The van der Waals surface area contributed by atoms with Crippen molar-refractivity contribution in [3.05, 3.63) is 45.6 Å². The van der Waals surface area contributed by atoms with Gasteiger partial charge in [-0.15, -0.1) is 0 Å². The van der Waals surface area contributed by atoms with Gasteiger partial charge in [0, 0.05) is 15.6 Å². The number of benzene rings is 1. The molecule has 92 valence electrons. The van der Waals surface area contributed by atoms with Crippen LogP contribution in [0.25, 0.3) is 21.7 Å². The first-order valence-electron chi connectivity index (χ1n) is 5.00. The SMILES string of the molecule is COc1ccc(-c2no[n+]([O-])c2CN=[N+]=[N-])cc1. The third-order valence-corrected chi connectivity index (χ3v) is 2.35. The van der Waals surface area contributed by atoms with Crippen molar-refractivity contribution in [1.82, 2.24) is 5.16 Å². The van der Waals surface area contributed by atoms with Crippen molar-refractivity contribution < 1.29 is 14.3 Å². The molecule has 0 bridgehead atoms. The number of hydrogen-bond acceptors (Lipinski definition) is 5. The van der Waals surface area contributed by atoms with Crippen LogP contribution >= 0.6 is 0 Å². The van der Waals surface area contributed by atoms with Crippen LogP contribution in [0.5, 0.6) is 5.75 Å². The molecule has 0 radical (unpaired) electrons. The Bertz CT molecular complexity index is 586. The predicted molar refractivity (Wildman–Crippen MR) is 60.3 cm³/mol. The van der Waals surface area contributed by atoms with Gasteiger partial charge in [-0.3, -0.25) is 4.63 Å². The van der Waals surface area contributed by atoms with Crippen LogP contribution in [0, 0.1) is 5.21 Å². The van der Waals surface area contributed by atoms with Crippen LogP contribution in [0.1, 0.15) is 5.69 Å². The molecule has 0 aliphatic rings. The van der Waals surface area contributed by atoms with Gasteiger partial charge in [0.25, 0.3) is 5.69 Å². The zero-order chi connectivity index (χ0) is 13.0. The summed E-state index contributed by atoms with van der Waals surface area (Å²) in [4.78, 5) is 2.83. The van der Waals surface area contributed by atoms with Crippen molar-refractivity contribution in [2.75, 3.05) is 7.11 Å². The van der Waals surface area contributed by atoms with Crippen molar-refractivity contribution in [2.24, 2.45) is 5.11 Å². The minimum Gasteiger partial charge on any atom is -0.497 e. The number of nitrogens with zero attached hydrogens (tertiary/aromatic N) is 5. The lowest BCUT2D eigenvalue weighted by Gasteiger charge is -1.99. The maximum atomic E-state index is 11.3. The summed E-state index contributed by atoms with van der Waals surface area (Å²) in [5, 5.41) is 18.3. The van der Waals surface area contributed by atoms with E-state index < -0.39 is 0 Å². The minimum atomic E-state index is -0.120. The standard InChI is InChI=1S/C10H9N5O3/c1-17-8-4-2-7(3-5-8)10-9(6-12-14-11)15(16)18-13-10/h2-5H,6H2,1H3. The molecule has 2 aromatic rings. The predicted octanol–water partition coefficient (Wildman–Crippen LogP) is 1.79. The molecule has 0 N–H and O–H groups in total. The van der Waals surface area contributed by atoms with Gasteiger partial charge >= 0.3 is 0 Å². The maximum absolute atomic E-state index is 11.3. The fourth-order valence-electron chi connectivity index (χ4n) is 1.47. The molecule has 0 fully saturated rings. The molecule has 1 aromatic heterocycles. The normalized spacial score (nSPS) is 9.83. The van der Waals surface area contributed by atoms with E-state index in [4.69, 9.17) is 10.3 Å². The Morgan fingerprint density at radius 3 is 2.83 bits per heavy atom. The second-order valence-electron chi connectivity index (χ2n) is 3.34. The fourth-order valence-corrected chi connectivity index (χ4v) is 1.47. The van der Waals surface area contributed by atoms with Gasteiger partial charge in [-0.2, -0.15) is 0 Å². The van der Waals surface area contributed by atoms with E-state index >= 15 is 0 Å². The van der Waals surface area contributed by atoms with Gasteiger partial charge in [0.1, 0.15) is 5.75 Å². The third-order valence-electron chi connectivity index (χ3n) is 2.35. The molecule has 0 aliphatic carbocycles. The number of ether oxygens (including phenoxy) is 1. The van der Waals surface area contributed by atoms with E-state index in [-0.39, 0.29) is 17.1 Å². The summed E-state index contributed by atoms with van der Waals surface area (Å²) in [5.74, 6) is 0.689. The van der Waals surface area contributed by atoms with Crippen molar-refractivity contribution in [3.63, 3.8) is 0 Å². The topological polar surface area (TPSA) is 111 Å². The van der Waals surface area contributed by atoms with Gasteiger partial charge < -0.3 is 9.94 Å². The fraction of sp³-hybridized carbons (Fsp3) is 0.200. The highest BCUT2D eigenvalue weighted by atomic mass is 16.8. The average Bonchev–Trinajstić information content (AvgIpc) is 2.78. The molecule has 8 nitrogen and oxygen atoms in total. The summed E-state index contributed by atoms with van der Waals surface area (Å²) in [5.41, 5.74) is 9.46. The molecule has 0 atom stereocenters. The summed E-state index contributed by atoms with van der Waals surface area (Å²) < 4.78 is 9.53. The Morgan fingerprint density at radius 1 is 1.50 bits per heavy atom. The lowest BCUT2D eigenvalue weighted by Crippen LogP contribution is -2.27. The molecule has 18 heavy (non-hydrogen) atoms. The van der Waals surface area contributed by atoms with Gasteiger partial charge in [-0.25, -0.2) is 0 Å². The number of methoxy groups -OCH3 is 1. The maximum Gasteiger partial charge on any atom is 0.251 e. The summed E-state index contributed by atoms with van der Waals surface area (Å²) in [7, 11) is 1.56. The summed E-state index contributed by atoms with van der Waals surface area (Å²) in [6, 6.07) is 6.93. The van der Waals surface area contributed by atoms with Gasteiger partial charge in [0.2, 0.25) is 5.69 Å². The van der Waals surface area contributed by atoms with Crippen molar-refractivity contribution >= 4 is 0 Å². The second kappa shape index (κ2) is 5.07. The van der Waals surface area contributed by atoms with E-state index in [1.807, 2.05) is 0 Å². The molecule has 0 amide bonds. The molecule has 1 aromatic carbocycles. The average molecular weight is 247 g/mol. The molecule has 2 rings (SSSR count). The Hall–Kier alpha value is -2.73. The Balaban J connectivity index is 2.39. The lowest BCUT2D eigenvalue weighted by molar-refractivity contribution is -0.807. The van der Waals surface area contributed by atoms with Crippen molar-refractivity contribution in [3.8, 4) is 17.0 Å². The summed E-state index contributed by atoms with van der Waals surface area (Å²) in [6.07, 6.45) is 0. The Morgan fingerprint density at radius 2 is 2.22 bits per heavy atom. The third kappa shape index (κ3) is 2.18. The second-order valence-corrected chi connectivity index (χ2v) is 3.34. The van der Waals surface area contributed by atoms with Gasteiger partial charge in [0.05, 0.1) is 13.7 Å². The molecule has 1 heterocycles. The molecular formula is C10H9N5O3. The molecule has 0 unspecified atom stereocenters. The van der Waals surface area contributed by atoms with Crippen molar-refractivity contribution in [2.45, 2.75) is 6.54 Å². The van der Waals surface area contributed by atoms with E-state index in [1.54, 1.807) is 31.4 Å². The number of rotatable bonds is 4. The van der Waals surface area contributed by atoms with Gasteiger partial charge in [-0.1, -0.05) is 5.11 Å². The number of hydrogen-bond donors (Lipinski definition) is 0. The highest BCUT2D eigenvalue weighted by Crippen LogP contribution is 2.22. The van der Waals surface area contributed by atoms with Gasteiger partial charge in [-0.05, 0) is 34.7 Å². The van der Waals surface area contributed by atoms with Gasteiger partial charge in [0.15, 0.2) is 0 Å². The van der Waals surface area contributed by atoms with E-state index in [0.717, 1.165) is 0 Å². The first-order chi connectivity index (χ1) is 8.76. The van der Waals surface area contributed by atoms with Crippen LogP contribution in [0.3, 0.4) is 0 Å². The first-order valence-corrected chi connectivity index (χ1v) is 5.00. The van der Waals surface area contributed by atoms with E-state index in [0.29, 0.717) is 17.0 Å². The van der Waals surface area contributed by atoms with E-state index in [1.165, 1.54) is 0 Å². The number of azide groups is 1. The summed E-state index contributed by atoms with van der Waals surface area (Å²) in [6.45, 7) is -0.120. The summed E-state index contributed by atoms with van der Waals surface area (Å²) >= 11 is 0. The van der Waals surface area contributed by atoms with E-state index in [9.17, 15) is 5.21 Å². The molecule has 0 aliphatic heterocycles. The Kier molecular flexibility index (Phi) is 3.31. The largest absolute Gasteiger partial charge is 0.497 e. The molecule has 8 heteroatoms. The quantitative estimate of drug-likeness (QED) is 0.355. The Labute approximate surface area is 102 Å². The highest BCUT2D eigenvalue weighted by Gasteiger charge is 2.19. The lowest BCUT2D eigenvalue weighted by atomic mass is 10.1. The van der Waals surface area contributed by atoms with Crippen LogP contribution in [0.2, 0.25) is 0 Å². The van der Waals surface area contributed by atoms with Crippen molar-refractivity contribution in [1.29, 1.82) is 0 Å². The molecule has 0 saturated heterocycles. The number of aromatic nitrogens is 2. The smallest absolute Gasteiger partial charge is 0.251 e. The van der Waals surface area contributed by atoms with Crippen LogP contribution < -0.4 is 9.64 Å². The first kappa shape index (κ1) is 11.7. The molecule has 0 saturated carbocycles. The minimum absolute atomic E-state index is 0.120. The van der Waals surface area contributed by atoms with Crippen LogP contribution in [0.15, 0.2) is 34.0 Å². The monoisotopic (exact) mass is 247 g/mol. The molecule has 0 spiro atoms. The molecular weight excluding hydrogens is 238 g/mol. The highest BCUT2D eigenvalue weighted by molar-refractivity contribution is 5.61. The van der Waals surface area contributed by atoms with Crippen LogP contribution in [-0.4, -0.2) is 12.3 Å². The van der Waals surface area contributed by atoms with Crippen LogP contribution in [0.4, 0.5) is 0 Å². The zero-order valence-electron chi connectivity index (χ0n) is 9.48. The zero-order valence-corrected chi connectivity index (χ0v) is 9.48. The van der Waals surface area contributed by atoms with E-state index in [2.05, 4.69) is 19.8 Å².